The third-order valence-electron chi connectivity index (χ3n) is 4.48. The number of aliphatic carboxylic acids is 1. The maximum atomic E-state index is 12.8. The molecule has 0 fully saturated rings. The molecule has 0 saturated heterocycles. The summed E-state index contributed by atoms with van der Waals surface area (Å²) in [6.45, 7) is 11.8. The minimum absolute atomic E-state index is 0.203. The molecule has 1 aromatic carbocycles. The van der Waals surface area contributed by atoms with Crippen LogP contribution in [0.15, 0.2) is 30.3 Å². The maximum absolute atomic E-state index is 12.8. The summed E-state index contributed by atoms with van der Waals surface area (Å²) in [6.07, 6.45) is 0.203. The number of aromatic nitrogens is 1. The minimum atomic E-state index is -1.07. The van der Waals surface area contributed by atoms with E-state index in [-0.39, 0.29) is 18.6 Å². The summed E-state index contributed by atoms with van der Waals surface area (Å²) < 4.78 is 7.59. The molecule has 6 nitrogen and oxygen atoms in total. The second kappa shape index (κ2) is 8.61. The number of carbonyl (C=O) groups is 2. The molecule has 6 heteroatoms. The van der Waals surface area contributed by atoms with Crippen LogP contribution in [0.4, 0.5) is 0 Å². The van der Waals surface area contributed by atoms with Gasteiger partial charge in [0.05, 0.1) is 11.2 Å². The Bertz CT molecular complexity index is 862. The fourth-order valence-corrected chi connectivity index (χ4v) is 3.13. The lowest BCUT2D eigenvalue weighted by atomic mass is 10.1. The molecule has 0 aliphatic rings. The lowest BCUT2D eigenvalue weighted by Crippen LogP contribution is -2.42. The van der Waals surface area contributed by atoms with Crippen molar-refractivity contribution < 1.29 is 19.4 Å². The van der Waals surface area contributed by atoms with Gasteiger partial charge in [-0.2, -0.15) is 0 Å². The number of benzene rings is 1. The van der Waals surface area contributed by atoms with Gasteiger partial charge in [0.15, 0.2) is 0 Å². The number of rotatable bonds is 7. The number of aryl methyl sites for hydroxylation is 2. The molecule has 1 atom stereocenters. The van der Waals surface area contributed by atoms with Gasteiger partial charge in [0.2, 0.25) is 0 Å². The Balaban J connectivity index is 2.19. The highest BCUT2D eigenvalue weighted by atomic mass is 16.5. The van der Waals surface area contributed by atoms with Crippen molar-refractivity contribution >= 4 is 11.9 Å². The summed E-state index contributed by atoms with van der Waals surface area (Å²) in [5, 5.41) is 12.1. The van der Waals surface area contributed by atoms with Crippen LogP contribution in [0.1, 0.15) is 54.5 Å². The first-order valence-corrected chi connectivity index (χ1v) is 9.43. The van der Waals surface area contributed by atoms with Gasteiger partial charge in [-0.05, 0) is 65.3 Å². The van der Waals surface area contributed by atoms with Gasteiger partial charge in [-0.1, -0.05) is 12.1 Å². The molecule has 1 aromatic heterocycles. The number of nitrogens with zero attached hydrogens (tertiary/aromatic N) is 1. The molecule has 1 amide bonds. The first kappa shape index (κ1) is 21.7. The van der Waals surface area contributed by atoms with E-state index in [4.69, 9.17) is 4.74 Å². The van der Waals surface area contributed by atoms with E-state index in [2.05, 4.69) is 5.32 Å². The van der Waals surface area contributed by atoms with Gasteiger partial charge in [-0.3, -0.25) is 4.79 Å². The van der Waals surface area contributed by atoms with Gasteiger partial charge >= 0.3 is 5.97 Å². The van der Waals surface area contributed by atoms with E-state index in [9.17, 15) is 14.7 Å². The van der Waals surface area contributed by atoms with Gasteiger partial charge in [-0.15, -0.1) is 0 Å². The molecule has 2 rings (SSSR count). The van der Waals surface area contributed by atoms with Crippen LogP contribution in [0, 0.1) is 20.8 Å². The number of carboxylic acid groups (broad SMARTS) is 1. The summed E-state index contributed by atoms with van der Waals surface area (Å²) in [5.41, 5.74) is 3.91. The van der Waals surface area contributed by atoms with E-state index in [1.54, 1.807) is 6.07 Å². The summed E-state index contributed by atoms with van der Waals surface area (Å²) in [7, 11) is 0. The van der Waals surface area contributed by atoms with E-state index in [1.807, 2.05) is 70.4 Å². The Labute approximate surface area is 166 Å². The maximum Gasteiger partial charge on any atom is 0.326 e. The van der Waals surface area contributed by atoms with Gasteiger partial charge < -0.3 is 19.7 Å². The second-order valence-electron chi connectivity index (χ2n) is 8.07. The van der Waals surface area contributed by atoms with E-state index >= 15 is 0 Å². The first-order valence-electron chi connectivity index (χ1n) is 9.43. The van der Waals surface area contributed by atoms with Crippen molar-refractivity contribution in [3.05, 3.63) is 52.8 Å². The Morgan fingerprint density at radius 1 is 1.18 bits per heavy atom. The molecule has 0 spiro atoms. The highest BCUT2D eigenvalue weighted by molar-refractivity contribution is 5.98. The number of nitrogens with one attached hydrogen (secondary N) is 1. The summed E-state index contributed by atoms with van der Waals surface area (Å²) in [5.74, 6) is -1.46. The predicted molar refractivity (Wildman–Crippen MR) is 109 cm³/mol. The van der Waals surface area contributed by atoms with Gasteiger partial charge in [-0.25, -0.2) is 4.79 Å². The average molecular weight is 386 g/mol. The van der Waals surface area contributed by atoms with E-state index in [1.165, 1.54) is 0 Å². The van der Waals surface area contributed by atoms with Gasteiger partial charge in [0.1, 0.15) is 6.04 Å². The average Bonchev–Trinajstić information content (AvgIpc) is 2.87. The van der Waals surface area contributed by atoms with E-state index < -0.39 is 17.9 Å². The molecular weight excluding hydrogens is 356 g/mol. The number of carbonyl (C=O) groups excluding carboxylic acids is 1. The topological polar surface area (TPSA) is 80.6 Å². The minimum Gasteiger partial charge on any atom is -0.480 e. The molecule has 2 N–H and O–H groups in total. The van der Waals surface area contributed by atoms with Crippen molar-refractivity contribution in [1.82, 2.24) is 9.88 Å². The van der Waals surface area contributed by atoms with Crippen LogP contribution >= 0.6 is 0 Å². The van der Waals surface area contributed by atoms with Crippen molar-refractivity contribution in [2.24, 2.45) is 0 Å². The fourth-order valence-electron chi connectivity index (χ4n) is 3.13. The fraction of sp³-hybridized carbons (Fsp3) is 0.455. The predicted octanol–water partition coefficient (Wildman–Crippen LogP) is 3.79. The van der Waals surface area contributed by atoms with Gasteiger partial charge in [0, 0.05) is 30.1 Å². The van der Waals surface area contributed by atoms with Crippen molar-refractivity contribution in [1.29, 1.82) is 0 Å². The number of carboxylic acids is 1. The van der Waals surface area contributed by atoms with Crippen LogP contribution in [-0.4, -0.2) is 39.8 Å². The first-order chi connectivity index (χ1) is 13.0. The Morgan fingerprint density at radius 3 is 2.43 bits per heavy atom. The van der Waals surface area contributed by atoms with Crippen molar-refractivity contribution in [3.8, 4) is 5.69 Å². The summed E-state index contributed by atoms with van der Waals surface area (Å²) >= 11 is 0. The molecule has 2 aromatic rings. The molecule has 0 aliphatic heterocycles. The van der Waals surface area contributed by atoms with E-state index in [0.29, 0.717) is 5.56 Å². The van der Waals surface area contributed by atoms with Crippen LogP contribution in [0.3, 0.4) is 0 Å². The highest BCUT2D eigenvalue weighted by Gasteiger charge is 2.24. The number of ether oxygens (including phenoxy) is 1. The zero-order valence-electron chi connectivity index (χ0n) is 17.5. The van der Waals surface area contributed by atoms with Crippen LogP contribution in [0.25, 0.3) is 5.69 Å². The SMILES string of the molecule is Cc1cccc(-n2c(C)cc(C(=O)NC(CCOC(C)(C)C)C(=O)O)c2C)c1. The second-order valence-corrected chi connectivity index (χ2v) is 8.07. The molecule has 0 radical (unpaired) electrons. The molecule has 1 heterocycles. The van der Waals surface area contributed by atoms with Gasteiger partial charge in [0.25, 0.3) is 5.91 Å². The van der Waals surface area contributed by atoms with E-state index in [0.717, 1.165) is 22.6 Å². The molecule has 0 aliphatic carbocycles. The van der Waals surface area contributed by atoms with Crippen LogP contribution in [-0.2, 0) is 9.53 Å². The van der Waals surface area contributed by atoms with Crippen molar-refractivity contribution in [3.63, 3.8) is 0 Å². The normalized spacial score (nSPS) is 12.6. The van der Waals surface area contributed by atoms with Crippen LogP contribution in [0.5, 0.6) is 0 Å². The third-order valence-corrected chi connectivity index (χ3v) is 4.48. The lowest BCUT2D eigenvalue weighted by molar-refractivity contribution is -0.140. The Kier molecular flexibility index (Phi) is 6.67. The monoisotopic (exact) mass is 386 g/mol. The summed E-state index contributed by atoms with van der Waals surface area (Å²) in [6, 6.07) is 8.81. The summed E-state index contributed by atoms with van der Waals surface area (Å²) in [4.78, 5) is 24.3. The lowest BCUT2D eigenvalue weighted by Gasteiger charge is -2.21. The molecule has 0 saturated carbocycles. The Hall–Kier alpha value is -2.60. The molecule has 152 valence electrons. The largest absolute Gasteiger partial charge is 0.480 e. The number of hydrogen-bond donors (Lipinski definition) is 2. The smallest absolute Gasteiger partial charge is 0.326 e. The molecular formula is C22H30N2O4. The number of hydrogen-bond acceptors (Lipinski definition) is 3. The standard InChI is InChI=1S/C22H30N2O4/c1-14-8-7-9-17(12-14)24-15(2)13-18(16(24)3)20(25)23-19(21(26)27)10-11-28-22(4,5)6/h7-9,12-13,19H,10-11H2,1-6H3,(H,23,25)(H,26,27). The number of amides is 1. The van der Waals surface area contributed by atoms with Crippen molar-refractivity contribution in [2.75, 3.05) is 6.61 Å². The molecule has 1 unspecified atom stereocenters. The molecule has 28 heavy (non-hydrogen) atoms. The third kappa shape index (κ3) is 5.45. The Morgan fingerprint density at radius 2 is 1.86 bits per heavy atom. The quantitative estimate of drug-likeness (QED) is 0.759. The van der Waals surface area contributed by atoms with Crippen molar-refractivity contribution in [2.45, 2.75) is 59.6 Å². The van der Waals surface area contributed by atoms with Crippen LogP contribution < -0.4 is 5.32 Å². The zero-order valence-corrected chi connectivity index (χ0v) is 17.5. The molecule has 0 bridgehead atoms. The van der Waals surface area contributed by atoms with Crippen LogP contribution in [0.2, 0.25) is 0 Å². The highest BCUT2D eigenvalue weighted by Crippen LogP contribution is 2.22. The zero-order chi connectivity index (χ0) is 21.1.